The molecule has 0 spiro atoms. The summed E-state index contributed by atoms with van der Waals surface area (Å²) in [7, 11) is 0. The van der Waals surface area contributed by atoms with Crippen molar-refractivity contribution < 1.29 is 4.39 Å². The van der Waals surface area contributed by atoms with Gasteiger partial charge in [0.25, 0.3) is 5.56 Å². The lowest BCUT2D eigenvalue weighted by molar-refractivity contribution is 0.625. The van der Waals surface area contributed by atoms with Crippen molar-refractivity contribution in [3.05, 3.63) is 63.7 Å². The number of hydrogen-bond donors (Lipinski definition) is 0. The molecular weight excluding hydrogens is 255 g/mol. The second-order valence-electron chi connectivity index (χ2n) is 5.15. The van der Waals surface area contributed by atoms with Crippen molar-refractivity contribution in [2.45, 2.75) is 13.5 Å². The van der Waals surface area contributed by atoms with Crippen molar-refractivity contribution in [1.29, 1.82) is 0 Å². The van der Waals surface area contributed by atoms with E-state index in [4.69, 9.17) is 0 Å². The molecule has 0 bridgehead atoms. The summed E-state index contributed by atoms with van der Waals surface area (Å²) in [6, 6.07) is 10.2. The van der Waals surface area contributed by atoms with Crippen LogP contribution in [0.3, 0.4) is 0 Å². The van der Waals surface area contributed by atoms with E-state index >= 15 is 0 Å². The molecule has 1 aliphatic heterocycles. The molecule has 1 aliphatic rings. The van der Waals surface area contributed by atoms with Gasteiger partial charge in [-0.2, -0.15) is 0 Å². The highest BCUT2D eigenvalue weighted by Crippen LogP contribution is 2.30. The summed E-state index contributed by atoms with van der Waals surface area (Å²) < 4.78 is 14.9. The van der Waals surface area contributed by atoms with Crippen LogP contribution in [-0.4, -0.2) is 9.55 Å². The van der Waals surface area contributed by atoms with Crippen molar-refractivity contribution in [2.24, 2.45) is 0 Å². The minimum atomic E-state index is -0.287. The average molecular weight is 266 g/mol. The van der Waals surface area contributed by atoms with Crippen LogP contribution >= 0.6 is 0 Å². The second-order valence-corrected chi connectivity index (χ2v) is 5.15. The van der Waals surface area contributed by atoms with Gasteiger partial charge in [-0.1, -0.05) is 6.07 Å². The summed E-state index contributed by atoms with van der Waals surface area (Å²) in [5, 5.41) is 0.604. The molecule has 0 saturated heterocycles. The van der Waals surface area contributed by atoms with Gasteiger partial charge in [-0.25, -0.2) is 9.37 Å². The lowest BCUT2D eigenvalue weighted by Crippen LogP contribution is -2.20. The molecule has 0 aliphatic carbocycles. The van der Waals surface area contributed by atoms with Crippen LogP contribution in [0.5, 0.6) is 0 Å². The minimum Gasteiger partial charge on any atom is -0.288 e. The number of aromatic nitrogens is 2. The summed E-state index contributed by atoms with van der Waals surface area (Å²) in [5.41, 5.74) is 3.33. The number of nitrogens with zero attached hydrogens (tertiary/aromatic N) is 2. The fourth-order valence-corrected chi connectivity index (χ4v) is 2.76. The number of fused-ring (bicyclic) bond motifs is 4. The van der Waals surface area contributed by atoms with E-state index in [0.717, 1.165) is 16.7 Å². The summed E-state index contributed by atoms with van der Waals surface area (Å²) in [4.78, 5) is 17.1. The maximum absolute atomic E-state index is 13.3. The van der Waals surface area contributed by atoms with Crippen LogP contribution in [0.1, 0.15) is 11.1 Å². The molecule has 3 aromatic rings. The number of benzene rings is 2. The molecule has 0 saturated carbocycles. The van der Waals surface area contributed by atoms with Gasteiger partial charge >= 0.3 is 0 Å². The van der Waals surface area contributed by atoms with Gasteiger partial charge in [-0.15, -0.1) is 0 Å². The third-order valence-corrected chi connectivity index (χ3v) is 3.75. The van der Waals surface area contributed by atoms with Crippen molar-refractivity contribution in [3.63, 3.8) is 0 Å². The zero-order valence-corrected chi connectivity index (χ0v) is 10.9. The number of halogens is 1. The predicted molar refractivity (Wildman–Crippen MR) is 75.2 cm³/mol. The molecule has 98 valence electrons. The first kappa shape index (κ1) is 11.3. The molecular formula is C16H11FN2O. The molecule has 1 aromatic heterocycles. The van der Waals surface area contributed by atoms with E-state index in [1.54, 1.807) is 16.7 Å². The van der Waals surface area contributed by atoms with Gasteiger partial charge in [-0.05, 0) is 48.4 Å². The fourth-order valence-electron chi connectivity index (χ4n) is 2.76. The van der Waals surface area contributed by atoms with E-state index in [2.05, 4.69) is 4.98 Å². The first-order chi connectivity index (χ1) is 9.63. The van der Waals surface area contributed by atoms with Crippen molar-refractivity contribution >= 4 is 10.9 Å². The van der Waals surface area contributed by atoms with Crippen LogP contribution in [0.15, 0.2) is 41.2 Å². The second kappa shape index (κ2) is 3.76. The van der Waals surface area contributed by atoms with Crippen LogP contribution in [0, 0.1) is 12.7 Å². The Morgan fingerprint density at radius 1 is 1.20 bits per heavy atom. The third kappa shape index (κ3) is 1.45. The molecule has 0 amide bonds. The Hall–Kier alpha value is -2.49. The lowest BCUT2D eigenvalue weighted by atomic mass is 10.1. The molecule has 4 rings (SSSR count). The van der Waals surface area contributed by atoms with E-state index in [1.807, 2.05) is 19.1 Å². The van der Waals surface area contributed by atoms with Crippen molar-refractivity contribution in [1.82, 2.24) is 9.55 Å². The topological polar surface area (TPSA) is 34.9 Å². The maximum atomic E-state index is 13.3. The highest BCUT2D eigenvalue weighted by molar-refractivity contribution is 5.81. The number of hydrogen-bond acceptors (Lipinski definition) is 2. The molecule has 0 unspecified atom stereocenters. The first-order valence-corrected chi connectivity index (χ1v) is 6.43. The van der Waals surface area contributed by atoms with Gasteiger partial charge < -0.3 is 0 Å². The summed E-state index contributed by atoms with van der Waals surface area (Å²) in [6.07, 6.45) is 0. The highest BCUT2D eigenvalue weighted by Gasteiger charge is 2.22. The Bertz CT molecular complexity index is 928. The Kier molecular flexibility index (Phi) is 2.13. The molecule has 0 N–H and O–H groups in total. The minimum absolute atomic E-state index is 0.0680. The van der Waals surface area contributed by atoms with Crippen molar-refractivity contribution in [3.8, 4) is 11.4 Å². The normalized spacial score (nSPS) is 12.5. The van der Waals surface area contributed by atoms with E-state index in [9.17, 15) is 9.18 Å². The van der Waals surface area contributed by atoms with Crippen LogP contribution in [0.4, 0.5) is 4.39 Å². The Morgan fingerprint density at radius 3 is 2.90 bits per heavy atom. The van der Waals surface area contributed by atoms with Crippen LogP contribution in [-0.2, 0) is 6.54 Å². The Labute approximate surface area is 114 Å². The number of rotatable bonds is 0. The molecule has 3 nitrogen and oxygen atoms in total. The first-order valence-electron chi connectivity index (χ1n) is 6.43. The standard InChI is InChI=1S/C16H11FN2O/c1-9-2-4-13-14(6-9)18-15-12-5-3-11(17)7-10(12)8-19(15)16(13)20/h2-7H,8H2,1H3. The average Bonchev–Trinajstić information content (AvgIpc) is 2.76. The zero-order chi connectivity index (χ0) is 13.9. The van der Waals surface area contributed by atoms with Gasteiger partial charge in [0.15, 0.2) is 0 Å². The van der Waals surface area contributed by atoms with E-state index < -0.39 is 0 Å². The summed E-state index contributed by atoms with van der Waals surface area (Å²) in [5.74, 6) is 0.341. The van der Waals surface area contributed by atoms with E-state index in [0.29, 0.717) is 23.3 Å². The SMILES string of the molecule is Cc1ccc2c(=O)n3c(nc2c1)-c1ccc(F)cc1C3. The molecule has 0 radical (unpaired) electrons. The largest absolute Gasteiger partial charge is 0.288 e. The summed E-state index contributed by atoms with van der Waals surface area (Å²) >= 11 is 0. The van der Waals surface area contributed by atoms with Crippen molar-refractivity contribution in [2.75, 3.05) is 0 Å². The molecule has 2 aromatic carbocycles. The maximum Gasteiger partial charge on any atom is 0.261 e. The van der Waals surface area contributed by atoms with Gasteiger partial charge in [0, 0.05) is 5.56 Å². The van der Waals surface area contributed by atoms with Gasteiger partial charge in [0.05, 0.1) is 17.4 Å². The summed E-state index contributed by atoms with van der Waals surface area (Å²) in [6.45, 7) is 2.35. The van der Waals surface area contributed by atoms with Crippen LogP contribution < -0.4 is 5.56 Å². The van der Waals surface area contributed by atoms with Gasteiger partial charge in [-0.3, -0.25) is 9.36 Å². The molecule has 0 atom stereocenters. The highest BCUT2D eigenvalue weighted by atomic mass is 19.1. The van der Waals surface area contributed by atoms with E-state index in [1.165, 1.54) is 12.1 Å². The smallest absolute Gasteiger partial charge is 0.261 e. The lowest BCUT2D eigenvalue weighted by Gasteiger charge is -2.05. The van der Waals surface area contributed by atoms with Crippen LogP contribution in [0.25, 0.3) is 22.3 Å². The monoisotopic (exact) mass is 266 g/mol. The van der Waals surface area contributed by atoms with Gasteiger partial charge in [0.2, 0.25) is 0 Å². The predicted octanol–water partition coefficient (Wildman–Crippen LogP) is 2.87. The fraction of sp³-hybridized carbons (Fsp3) is 0.125. The molecule has 0 fully saturated rings. The molecule has 4 heteroatoms. The van der Waals surface area contributed by atoms with E-state index in [-0.39, 0.29) is 11.4 Å². The quantitative estimate of drug-likeness (QED) is 0.490. The number of aryl methyl sites for hydroxylation is 1. The van der Waals surface area contributed by atoms with Crippen LogP contribution in [0.2, 0.25) is 0 Å². The Morgan fingerprint density at radius 2 is 2.05 bits per heavy atom. The third-order valence-electron chi connectivity index (χ3n) is 3.75. The molecule has 20 heavy (non-hydrogen) atoms. The van der Waals surface area contributed by atoms with Gasteiger partial charge in [0.1, 0.15) is 11.6 Å². The zero-order valence-electron chi connectivity index (χ0n) is 10.9. The Balaban J connectivity index is 2.10. The molecule has 2 heterocycles.